The maximum Gasteiger partial charge on any atom is 0.331 e. The van der Waals surface area contributed by atoms with Gasteiger partial charge in [0.2, 0.25) is 0 Å². The Balaban J connectivity index is 3.17. The van der Waals surface area contributed by atoms with Gasteiger partial charge in [-0.1, -0.05) is 6.92 Å². The summed E-state index contributed by atoms with van der Waals surface area (Å²) in [5, 5.41) is 8.96. The van der Waals surface area contributed by atoms with Crippen LogP contribution < -0.4 is 17.0 Å². The number of rotatable bonds is 5. The van der Waals surface area contributed by atoms with E-state index in [0.717, 1.165) is 11.0 Å². The SMILES string of the molecule is CCCn1cc(N)c(=O)n(CCC(C)(C)C#N)c1=O. The lowest BCUT2D eigenvalue weighted by Gasteiger charge is -2.16. The molecule has 0 unspecified atom stereocenters. The van der Waals surface area contributed by atoms with Crippen molar-refractivity contribution >= 4 is 5.69 Å². The molecule has 1 rings (SSSR count). The van der Waals surface area contributed by atoms with Gasteiger partial charge in [-0.2, -0.15) is 5.26 Å². The van der Waals surface area contributed by atoms with Gasteiger partial charge >= 0.3 is 5.69 Å². The Morgan fingerprint density at radius 2 is 2.00 bits per heavy atom. The molecule has 0 bridgehead atoms. The van der Waals surface area contributed by atoms with Crippen molar-refractivity contribution in [2.24, 2.45) is 5.41 Å². The van der Waals surface area contributed by atoms with Crippen LogP contribution >= 0.6 is 0 Å². The lowest BCUT2D eigenvalue weighted by atomic mass is 9.91. The molecule has 0 spiro atoms. The number of hydrogen-bond donors (Lipinski definition) is 1. The van der Waals surface area contributed by atoms with Crippen LogP contribution in [-0.4, -0.2) is 9.13 Å². The molecule has 104 valence electrons. The van der Waals surface area contributed by atoms with Crippen molar-refractivity contribution < 1.29 is 0 Å². The summed E-state index contributed by atoms with van der Waals surface area (Å²) in [5.74, 6) is 0. The highest BCUT2D eigenvalue weighted by atomic mass is 16.2. The molecule has 6 nitrogen and oxygen atoms in total. The van der Waals surface area contributed by atoms with Gasteiger partial charge in [-0.25, -0.2) is 4.79 Å². The third-order valence-corrected chi connectivity index (χ3v) is 2.99. The molecule has 1 aromatic rings. The first-order chi connectivity index (χ1) is 8.82. The fraction of sp³-hybridized carbons (Fsp3) is 0.615. The molecule has 0 radical (unpaired) electrons. The lowest BCUT2D eigenvalue weighted by molar-refractivity contribution is 0.397. The maximum atomic E-state index is 12.1. The minimum atomic E-state index is -0.577. The summed E-state index contributed by atoms with van der Waals surface area (Å²) in [7, 11) is 0. The molecule has 0 aliphatic heterocycles. The molecule has 2 N–H and O–H groups in total. The molecule has 0 saturated heterocycles. The smallest absolute Gasteiger partial charge is 0.331 e. The number of anilines is 1. The first kappa shape index (κ1) is 15.0. The monoisotopic (exact) mass is 264 g/mol. The summed E-state index contributed by atoms with van der Waals surface area (Å²) in [5.41, 5.74) is 4.27. The van der Waals surface area contributed by atoms with Crippen LogP contribution in [0.3, 0.4) is 0 Å². The molecule has 0 saturated carbocycles. The minimum Gasteiger partial charge on any atom is -0.393 e. The number of nitriles is 1. The second-order valence-electron chi connectivity index (χ2n) is 5.26. The fourth-order valence-electron chi connectivity index (χ4n) is 1.72. The zero-order valence-electron chi connectivity index (χ0n) is 11.6. The molecule has 0 atom stereocenters. The Labute approximate surface area is 112 Å². The van der Waals surface area contributed by atoms with Gasteiger partial charge in [-0.15, -0.1) is 0 Å². The first-order valence-electron chi connectivity index (χ1n) is 6.33. The molecule has 0 aliphatic carbocycles. The second-order valence-corrected chi connectivity index (χ2v) is 5.26. The van der Waals surface area contributed by atoms with Crippen molar-refractivity contribution in [2.45, 2.75) is 46.7 Å². The van der Waals surface area contributed by atoms with Crippen LogP contribution in [0.4, 0.5) is 5.69 Å². The summed E-state index contributed by atoms with van der Waals surface area (Å²) in [6.07, 6.45) is 2.59. The average Bonchev–Trinajstić information content (AvgIpc) is 2.36. The average molecular weight is 264 g/mol. The summed E-state index contributed by atoms with van der Waals surface area (Å²) >= 11 is 0. The summed E-state index contributed by atoms with van der Waals surface area (Å²) < 4.78 is 2.56. The van der Waals surface area contributed by atoms with E-state index in [1.807, 2.05) is 6.92 Å². The van der Waals surface area contributed by atoms with E-state index in [9.17, 15) is 9.59 Å². The van der Waals surface area contributed by atoms with Gasteiger partial charge in [0, 0.05) is 19.3 Å². The van der Waals surface area contributed by atoms with E-state index < -0.39 is 11.0 Å². The highest BCUT2D eigenvalue weighted by Gasteiger charge is 2.18. The largest absolute Gasteiger partial charge is 0.393 e. The summed E-state index contributed by atoms with van der Waals surface area (Å²) in [4.78, 5) is 24.0. The van der Waals surface area contributed by atoms with Gasteiger partial charge in [0.1, 0.15) is 5.69 Å². The molecule has 1 heterocycles. The third-order valence-electron chi connectivity index (χ3n) is 2.99. The van der Waals surface area contributed by atoms with Gasteiger partial charge in [0.05, 0.1) is 11.5 Å². The number of nitrogen functional groups attached to an aromatic ring is 1. The fourth-order valence-corrected chi connectivity index (χ4v) is 1.72. The number of aryl methyl sites for hydroxylation is 1. The number of hydrogen-bond acceptors (Lipinski definition) is 4. The highest BCUT2D eigenvalue weighted by molar-refractivity contribution is 5.30. The molecule has 1 aromatic heterocycles. The van der Waals surface area contributed by atoms with Crippen LogP contribution in [0.15, 0.2) is 15.8 Å². The zero-order chi connectivity index (χ0) is 14.6. The number of aromatic nitrogens is 2. The van der Waals surface area contributed by atoms with Crippen LogP contribution in [0.1, 0.15) is 33.6 Å². The third kappa shape index (κ3) is 3.47. The highest BCUT2D eigenvalue weighted by Crippen LogP contribution is 2.18. The molecule has 0 fully saturated rings. The molecule has 0 amide bonds. The van der Waals surface area contributed by atoms with Crippen molar-refractivity contribution in [3.05, 3.63) is 27.0 Å². The van der Waals surface area contributed by atoms with Crippen molar-refractivity contribution in [3.63, 3.8) is 0 Å². The Morgan fingerprint density at radius 1 is 1.37 bits per heavy atom. The van der Waals surface area contributed by atoms with E-state index in [1.54, 1.807) is 13.8 Å². The standard InChI is InChI=1S/C13H20N4O2/c1-4-6-16-8-10(15)11(18)17(12(16)19)7-5-13(2,3)9-14/h8H,4-7,15H2,1-3H3. The van der Waals surface area contributed by atoms with E-state index in [4.69, 9.17) is 11.0 Å². The summed E-state index contributed by atoms with van der Waals surface area (Å²) in [6, 6.07) is 2.15. The molecule has 0 aromatic carbocycles. The van der Waals surface area contributed by atoms with E-state index in [0.29, 0.717) is 13.0 Å². The molecular formula is C13H20N4O2. The Kier molecular flexibility index (Phi) is 4.54. The molecular weight excluding hydrogens is 244 g/mol. The molecule has 6 heteroatoms. The van der Waals surface area contributed by atoms with Crippen LogP contribution in [0.25, 0.3) is 0 Å². The first-order valence-corrected chi connectivity index (χ1v) is 6.33. The van der Waals surface area contributed by atoms with Gasteiger partial charge in [0.15, 0.2) is 0 Å². The predicted octanol–water partition coefficient (Wildman–Crippen LogP) is 0.942. The van der Waals surface area contributed by atoms with Crippen molar-refractivity contribution in [2.75, 3.05) is 5.73 Å². The van der Waals surface area contributed by atoms with Gasteiger partial charge in [-0.3, -0.25) is 13.9 Å². The Hall–Kier alpha value is -2.03. The normalized spacial score (nSPS) is 11.3. The lowest BCUT2D eigenvalue weighted by Crippen LogP contribution is -2.41. The number of nitrogens with zero attached hydrogens (tertiary/aromatic N) is 3. The van der Waals surface area contributed by atoms with E-state index in [1.165, 1.54) is 10.8 Å². The summed E-state index contributed by atoms with van der Waals surface area (Å²) in [6.45, 7) is 6.21. The van der Waals surface area contributed by atoms with Crippen LogP contribution in [0, 0.1) is 16.7 Å². The van der Waals surface area contributed by atoms with Crippen LogP contribution in [0.5, 0.6) is 0 Å². The van der Waals surface area contributed by atoms with Crippen molar-refractivity contribution in [1.29, 1.82) is 5.26 Å². The maximum absolute atomic E-state index is 12.1. The van der Waals surface area contributed by atoms with E-state index in [-0.39, 0.29) is 17.9 Å². The molecule has 19 heavy (non-hydrogen) atoms. The quantitative estimate of drug-likeness (QED) is 0.856. The minimum absolute atomic E-state index is 0.0582. The van der Waals surface area contributed by atoms with Gasteiger partial charge in [0.25, 0.3) is 5.56 Å². The number of nitrogens with two attached hydrogens (primary N) is 1. The topological polar surface area (TPSA) is 93.8 Å². The molecule has 0 aliphatic rings. The zero-order valence-corrected chi connectivity index (χ0v) is 11.6. The second kappa shape index (κ2) is 5.74. The van der Waals surface area contributed by atoms with Gasteiger partial charge in [-0.05, 0) is 26.7 Å². The van der Waals surface area contributed by atoms with Crippen LogP contribution in [-0.2, 0) is 13.1 Å². The van der Waals surface area contributed by atoms with Crippen molar-refractivity contribution in [1.82, 2.24) is 9.13 Å². The van der Waals surface area contributed by atoms with Crippen LogP contribution in [0.2, 0.25) is 0 Å². The van der Waals surface area contributed by atoms with Gasteiger partial charge < -0.3 is 5.73 Å². The van der Waals surface area contributed by atoms with E-state index >= 15 is 0 Å². The Bertz CT molecular complexity index is 605. The van der Waals surface area contributed by atoms with E-state index in [2.05, 4.69) is 6.07 Å². The van der Waals surface area contributed by atoms with Crippen molar-refractivity contribution in [3.8, 4) is 6.07 Å². The predicted molar refractivity (Wildman–Crippen MR) is 73.7 cm³/mol. The Morgan fingerprint density at radius 3 is 2.53 bits per heavy atom.